The molecule has 1 heterocycles. The van der Waals surface area contributed by atoms with E-state index in [9.17, 15) is 8.42 Å². The van der Waals surface area contributed by atoms with Crippen molar-refractivity contribution in [3.8, 4) is 0 Å². The molecule has 0 aromatic carbocycles. The highest BCUT2D eigenvalue weighted by atomic mass is 35.5. The number of rotatable bonds is 6. The SMILES string of the molecule is CCC(CCCl)NS(=O)(=O)c1ccn[nH]1. The molecule has 0 saturated carbocycles. The van der Waals surface area contributed by atoms with Gasteiger partial charge in [0.2, 0.25) is 0 Å². The zero-order valence-electron chi connectivity index (χ0n) is 8.40. The van der Waals surface area contributed by atoms with E-state index in [0.717, 1.165) is 0 Å². The number of hydrogen-bond acceptors (Lipinski definition) is 3. The maximum Gasteiger partial charge on any atom is 0.257 e. The third kappa shape index (κ3) is 3.48. The summed E-state index contributed by atoms with van der Waals surface area (Å²) in [4.78, 5) is 0. The van der Waals surface area contributed by atoms with Crippen molar-refractivity contribution in [1.82, 2.24) is 14.9 Å². The van der Waals surface area contributed by atoms with Crippen LogP contribution in [0.25, 0.3) is 0 Å². The second-order valence-electron chi connectivity index (χ2n) is 3.13. The number of nitrogens with zero attached hydrogens (tertiary/aromatic N) is 1. The molecule has 0 radical (unpaired) electrons. The monoisotopic (exact) mass is 251 g/mol. The van der Waals surface area contributed by atoms with E-state index >= 15 is 0 Å². The summed E-state index contributed by atoms with van der Waals surface area (Å²) in [7, 11) is -3.48. The predicted octanol–water partition coefficient (Wildman–Crippen LogP) is 1.10. The van der Waals surface area contributed by atoms with Gasteiger partial charge in [0.25, 0.3) is 10.0 Å². The summed E-state index contributed by atoms with van der Waals surface area (Å²) < 4.78 is 26.0. The number of hydrogen-bond donors (Lipinski definition) is 2. The lowest BCUT2D eigenvalue weighted by Crippen LogP contribution is -2.34. The van der Waals surface area contributed by atoms with E-state index in [0.29, 0.717) is 18.7 Å². The first-order valence-electron chi connectivity index (χ1n) is 4.67. The van der Waals surface area contributed by atoms with Gasteiger partial charge in [0.15, 0.2) is 5.03 Å². The van der Waals surface area contributed by atoms with Gasteiger partial charge >= 0.3 is 0 Å². The quantitative estimate of drug-likeness (QED) is 0.744. The average molecular weight is 252 g/mol. The Hall–Kier alpha value is -0.590. The molecule has 0 aliphatic rings. The van der Waals surface area contributed by atoms with Crippen LogP contribution >= 0.6 is 11.6 Å². The summed E-state index contributed by atoms with van der Waals surface area (Å²) in [5.41, 5.74) is 0. The van der Waals surface area contributed by atoms with Crippen molar-refractivity contribution >= 4 is 21.6 Å². The number of aromatic nitrogens is 2. The average Bonchev–Trinajstić information content (AvgIpc) is 2.70. The molecule has 1 aromatic heterocycles. The third-order valence-electron chi connectivity index (χ3n) is 2.04. The molecule has 5 nitrogen and oxygen atoms in total. The molecule has 0 aliphatic carbocycles. The summed E-state index contributed by atoms with van der Waals surface area (Å²) in [6.07, 6.45) is 2.72. The number of alkyl halides is 1. The Labute approximate surface area is 94.3 Å². The van der Waals surface area contributed by atoms with E-state index in [1.165, 1.54) is 12.3 Å². The van der Waals surface area contributed by atoms with Gasteiger partial charge in [0.05, 0.1) is 6.20 Å². The molecule has 7 heteroatoms. The van der Waals surface area contributed by atoms with Gasteiger partial charge in [0, 0.05) is 11.9 Å². The molecule has 1 atom stereocenters. The van der Waals surface area contributed by atoms with Gasteiger partial charge in [-0.1, -0.05) is 6.92 Å². The summed E-state index contributed by atoms with van der Waals surface area (Å²) in [5.74, 6) is 0.435. The van der Waals surface area contributed by atoms with E-state index in [1.807, 2.05) is 6.92 Å². The molecular formula is C8H14ClN3O2S. The third-order valence-corrected chi connectivity index (χ3v) is 3.71. The van der Waals surface area contributed by atoms with Gasteiger partial charge < -0.3 is 0 Å². The van der Waals surface area contributed by atoms with Crippen LogP contribution in [0.4, 0.5) is 0 Å². The number of nitrogens with one attached hydrogen (secondary N) is 2. The largest absolute Gasteiger partial charge is 0.266 e. The van der Waals surface area contributed by atoms with Crippen LogP contribution in [0.5, 0.6) is 0 Å². The normalized spacial score (nSPS) is 14.0. The Kier molecular flexibility index (Phi) is 4.56. The van der Waals surface area contributed by atoms with Gasteiger partial charge in [-0.2, -0.15) is 5.10 Å². The molecule has 0 bridgehead atoms. The minimum atomic E-state index is -3.48. The fourth-order valence-electron chi connectivity index (χ4n) is 1.15. The molecule has 1 unspecified atom stereocenters. The standard InChI is InChI=1S/C8H14ClN3O2S/c1-2-7(3-5-9)12-15(13,14)8-4-6-10-11-8/h4,6-7,12H,2-3,5H2,1H3,(H,10,11). The van der Waals surface area contributed by atoms with Crippen LogP contribution < -0.4 is 4.72 Å². The molecule has 0 aliphatic heterocycles. The van der Waals surface area contributed by atoms with Crippen molar-refractivity contribution in [2.75, 3.05) is 5.88 Å². The second-order valence-corrected chi connectivity index (χ2v) is 5.19. The summed E-state index contributed by atoms with van der Waals surface area (Å²) in [6.45, 7) is 1.91. The molecule has 0 spiro atoms. The summed E-state index contributed by atoms with van der Waals surface area (Å²) in [6, 6.07) is 1.28. The van der Waals surface area contributed by atoms with Crippen LogP contribution in [0.15, 0.2) is 17.3 Å². The van der Waals surface area contributed by atoms with E-state index < -0.39 is 10.0 Å². The Bertz CT molecular complexity index is 377. The highest BCUT2D eigenvalue weighted by molar-refractivity contribution is 7.89. The Morgan fingerprint density at radius 1 is 1.67 bits per heavy atom. The Morgan fingerprint density at radius 3 is 2.87 bits per heavy atom. The highest BCUT2D eigenvalue weighted by Crippen LogP contribution is 2.07. The van der Waals surface area contributed by atoms with Gasteiger partial charge in [-0.15, -0.1) is 11.6 Å². The van der Waals surface area contributed by atoms with E-state index in [4.69, 9.17) is 11.6 Å². The van der Waals surface area contributed by atoms with Crippen molar-refractivity contribution in [2.45, 2.75) is 30.8 Å². The summed E-state index contributed by atoms with van der Waals surface area (Å²) in [5, 5.41) is 6.09. The van der Waals surface area contributed by atoms with Crippen molar-refractivity contribution < 1.29 is 8.42 Å². The maximum absolute atomic E-state index is 11.7. The molecule has 86 valence electrons. The van der Waals surface area contributed by atoms with Crippen molar-refractivity contribution in [3.63, 3.8) is 0 Å². The van der Waals surface area contributed by atoms with Crippen molar-refractivity contribution in [2.24, 2.45) is 0 Å². The zero-order valence-corrected chi connectivity index (χ0v) is 9.98. The maximum atomic E-state index is 11.7. The van der Waals surface area contributed by atoms with Crippen LogP contribution in [-0.4, -0.2) is 30.5 Å². The van der Waals surface area contributed by atoms with Crippen LogP contribution in [0, 0.1) is 0 Å². The van der Waals surface area contributed by atoms with Crippen LogP contribution in [0.3, 0.4) is 0 Å². The zero-order chi connectivity index (χ0) is 11.3. The minimum absolute atomic E-state index is 0.0792. The van der Waals surface area contributed by atoms with Gasteiger partial charge in [0.1, 0.15) is 0 Å². The lowest BCUT2D eigenvalue weighted by molar-refractivity contribution is 0.529. The molecule has 2 N–H and O–H groups in total. The smallest absolute Gasteiger partial charge is 0.257 e. The van der Waals surface area contributed by atoms with Crippen LogP contribution in [0.2, 0.25) is 0 Å². The fourth-order valence-corrected chi connectivity index (χ4v) is 2.68. The first-order chi connectivity index (χ1) is 7.10. The molecule has 0 saturated heterocycles. The Balaban J connectivity index is 2.72. The topological polar surface area (TPSA) is 74.8 Å². The van der Waals surface area contributed by atoms with E-state index in [1.54, 1.807) is 0 Å². The molecular weight excluding hydrogens is 238 g/mol. The fraction of sp³-hybridized carbons (Fsp3) is 0.625. The second kappa shape index (κ2) is 5.48. The summed E-state index contributed by atoms with van der Waals surface area (Å²) >= 11 is 5.57. The van der Waals surface area contributed by atoms with E-state index in [2.05, 4.69) is 14.9 Å². The molecule has 0 fully saturated rings. The lowest BCUT2D eigenvalue weighted by atomic mass is 10.2. The van der Waals surface area contributed by atoms with Crippen molar-refractivity contribution in [1.29, 1.82) is 0 Å². The predicted molar refractivity (Wildman–Crippen MR) is 58.3 cm³/mol. The number of sulfonamides is 1. The van der Waals surface area contributed by atoms with Crippen LogP contribution in [-0.2, 0) is 10.0 Å². The Morgan fingerprint density at radius 2 is 2.40 bits per heavy atom. The lowest BCUT2D eigenvalue weighted by Gasteiger charge is -2.14. The van der Waals surface area contributed by atoms with Gasteiger partial charge in [-0.05, 0) is 18.9 Å². The highest BCUT2D eigenvalue weighted by Gasteiger charge is 2.19. The molecule has 1 rings (SSSR count). The van der Waals surface area contributed by atoms with Crippen molar-refractivity contribution in [3.05, 3.63) is 12.3 Å². The first kappa shape index (κ1) is 12.5. The van der Waals surface area contributed by atoms with Crippen LogP contribution in [0.1, 0.15) is 19.8 Å². The number of aromatic amines is 1. The molecule has 15 heavy (non-hydrogen) atoms. The van der Waals surface area contributed by atoms with E-state index in [-0.39, 0.29) is 11.1 Å². The first-order valence-corrected chi connectivity index (χ1v) is 6.69. The minimum Gasteiger partial charge on any atom is -0.266 e. The number of H-pyrrole nitrogens is 1. The molecule has 0 amide bonds. The van der Waals surface area contributed by atoms with Gasteiger partial charge in [-0.25, -0.2) is 13.1 Å². The van der Waals surface area contributed by atoms with Gasteiger partial charge in [-0.3, -0.25) is 5.10 Å². The molecule has 1 aromatic rings. The number of halogens is 1.